The van der Waals surface area contributed by atoms with Crippen LogP contribution in [0.4, 0.5) is 0 Å². The number of ether oxygens (including phenoxy) is 3. The molecule has 0 saturated heterocycles. The topological polar surface area (TPSA) is 84.9 Å². The third kappa shape index (κ3) is 6.74. The number of benzene rings is 2. The lowest BCUT2D eigenvalue weighted by Gasteiger charge is -2.19. The van der Waals surface area contributed by atoms with Crippen LogP contribution in [0, 0.1) is 5.92 Å². The average Bonchev–Trinajstić information content (AvgIpc) is 3.27. The summed E-state index contributed by atoms with van der Waals surface area (Å²) in [6, 6.07) is 18.5. The predicted molar refractivity (Wildman–Crippen MR) is 142 cm³/mol. The molecule has 0 saturated carbocycles. The molecule has 0 unspecified atom stereocenters. The lowest BCUT2D eigenvalue weighted by molar-refractivity contribution is -0.397. The largest absolute Gasteiger partial charge is 0.461 e. The predicted octanol–water partition coefficient (Wildman–Crippen LogP) is 5.91. The van der Waals surface area contributed by atoms with Crippen molar-refractivity contribution in [1.29, 1.82) is 0 Å². The maximum Gasteiger partial charge on any atom is 0.349 e. The van der Waals surface area contributed by atoms with E-state index >= 15 is 0 Å². The van der Waals surface area contributed by atoms with E-state index < -0.39 is 5.60 Å². The normalized spacial score (nSPS) is 12.5. The second kappa shape index (κ2) is 11.6. The highest BCUT2D eigenvalue weighted by Crippen LogP contribution is 2.42. The molecule has 0 aliphatic carbocycles. The molecule has 1 N–H and O–H groups in total. The van der Waals surface area contributed by atoms with Crippen molar-refractivity contribution in [3.8, 4) is 28.3 Å². The number of carbonyl (C=O) groups is 1. The monoisotopic (exact) mass is 503 g/mol. The van der Waals surface area contributed by atoms with E-state index in [1.165, 1.54) is 5.56 Å². The van der Waals surface area contributed by atoms with Crippen LogP contribution >= 0.6 is 0 Å². The third-order valence-electron chi connectivity index (χ3n) is 5.74. The van der Waals surface area contributed by atoms with Gasteiger partial charge in [-0.1, -0.05) is 68.4 Å². The van der Waals surface area contributed by atoms with Gasteiger partial charge in [-0.2, -0.15) is 0 Å². The summed E-state index contributed by atoms with van der Waals surface area (Å²) in [5.74, 6) is 0.970. The van der Waals surface area contributed by atoms with E-state index in [-0.39, 0.29) is 18.5 Å². The van der Waals surface area contributed by atoms with E-state index in [1.54, 1.807) is 6.33 Å². The number of carbonyl (C=O) groups excluding carboxylic acids is 1. The Hall–Kier alpha value is -3.71. The van der Waals surface area contributed by atoms with Crippen molar-refractivity contribution in [1.82, 2.24) is 4.98 Å². The Bertz CT molecular complexity index is 1320. The summed E-state index contributed by atoms with van der Waals surface area (Å²) in [6.07, 6.45) is 2.54. The quantitative estimate of drug-likeness (QED) is 0.250. The van der Waals surface area contributed by atoms with Crippen LogP contribution in [-0.2, 0) is 20.7 Å². The SMILES string of the molecule is CCc1ccc(-c2c(-c3ccccc3)oc3nc[nH+]c(OC[C@@H](C)COCC(=O)OC(C)(C)C)c23)cc1. The molecule has 194 valence electrons. The Kier molecular flexibility index (Phi) is 8.24. The van der Waals surface area contributed by atoms with E-state index in [0.29, 0.717) is 24.8 Å². The molecule has 2 heterocycles. The lowest BCUT2D eigenvalue weighted by atomic mass is 9.98. The van der Waals surface area contributed by atoms with Crippen molar-refractivity contribution in [2.75, 3.05) is 19.8 Å². The van der Waals surface area contributed by atoms with E-state index in [9.17, 15) is 4.79 Å². The van der Waals surface area contributed by atoms with Crippen molar-refractivity contribution in [2.45, 2.75) is 46.6 Å². The fourth-order valence-corrected chi connectivity index (χ4v) is 4.02. The molecule has 0 amide bonds. The number of aryl methyl sites for hydroxylation is 1. The first kappa shape index (κ1) is 26.4. The molecule has 7 nitrogen and oxygen atoms in total. The number of aromatic amines is 1. The van der Waals surface area contributed by atoms with Gasteiger partial charge in [-0.05, 0) is 43.3 Å². The molecule has 0 fully saturated rings. The zero-order valence-corrected chi connectivity index (χ0v) is 22.2. The van der Waals surface area contributed by atoms with Crippen LogP contribution in [0.25, 0.3) is 33.6 Å². The van der Waals surface area contributed by atoms with Gasteiger partial charge in [-0.25, -0.2) is 9.78 Å². The number of fused-ring (bicyclic) bond motifs is 1. The molecule has 0 radical (unpaired) electrons. The van der Waals surface area contributed by atoms with E-state index in [2.05, 4.69) is 41.2 Å². The maximum atomic E-state index is 11.9. The number of furan rings is 1. The van der Waals surface area contributed by atoms with Crippen LogP contribution in [0.5, 0.6) is 5.88 Å². The summed E-state index contributed by atoms with van der Waals surface area (Å²) in [5.41, 5.74) is 4.14. The summed E-state index contributed by atoms with van der Waals surface area (Å²) in [4.78, 5) is 19.5. The molecule has 1 atom stereocenters. The van der Waals surface area contributed by atoms with Crippen LogP contribution in [0.1, 0.15) is 40.2 Å². The number of aromatic nitrogens is 2. The Balaban J connectivity index is 1.57. The average molecular weight is 504 g/mol. The van der Waals surface area contributed by atoms with Gasteiger partial charge < -0.3 is 18.6 Å². The summed E-state index contributed by atoms with van der Waals surface area (Å²) < 4.78 is 23.4. The van der Waals surface area contributed by atoms with Crippen LogP contribution in [0.15, 0.2) is 65.3 Å². The van der Waals surface area contributed by atoms with Gasteiger partial charge in [0.15, 0.2) is 5.39 Å². The first-order chi connectivity index (χ1) is 17.7. The van der Waals surface area contributed by atoms with Gasteiger partial charge in [0.1, 0.15) is 18.0 Å². The second-order valence-electron chi connectivity index (χ2n) is 10.2. The van der Waals surface area contributed by atoms with Crippen molar-refractivity contribution < 1.29 is 28.4 Å². The number of nitrogens with zero attached hydrogens (tertiary/aromatic N) is 1. The first-order valence-corrected chi connectivity index (χ1v) is 12.7. The fourth-order valence-electron chi connectivity index (χ4n) is 4.02. The summed E-state index contributed by atoms with van der Waals surface area (Å²) >= 11 is 0. The molecule has 0 bridgehead atoms. The van der Waals surface area contributed by atoms with E-state index in [0.717, 1.165) is 34.3 Å². The molecule has 0 aliphatic heterocycles. The minimum atomic E-state index is -0.532. The number of nitrogens with one attached hydrogen (secondary N) is 1. The number of rotatable bonds is 10. The van der Waals surface area contributed by atoms with Gasteiger partial charge >= 0.3 is 11.7 Å². The molecule has 7 heteroatoms. The van der Waals surface area contributed by atoms with Crippen molar-refractivity contribution in [2.24, 2.45) is 5.92 Å². The Morgan fingerprint density at radius 3 is 2.43 bits per heavy atom. The maximum absolute atomic E-state index is 11.9. The van der Waals surface area contributed by atoms with Crippen LogP contribution in [0.3, 0.4) is 0 Å². The van der Waals surface area contributed by atoms with E-state index in [4.69, 9.17) is 18.6 Å². The van der Waals surface area contributed by atoms with Gasteiger partial charge in [-0.3, -0.25) is 0 Å². The molecule has 2 aromatic heterocycles. The third-order valence-corrected chi connectivity index (χ3v) is 5.74. The van der Waals surface area contributed by atoms with Crippen LogP contribution in [-0.4, -0.2) is 36.4 Å². The molecule has 0 spiro atoms. The van der Waals surface area contributed by atoms with Gasteiger partial charge in [0.05, 0.1) is 13.2 Å². The smallest absolute Gasteiger partial charge is 0.349 e. The van der Waals surface area contributed by atoms with Gasteiger partial charge in [0.25, 0.3) is 12.2 Å². The minimum Gasteiger partial charge on any atom is -0.461 e. The standard InChI is InChI=1S/C30H34N2O5/c1-6-21-12-14-22(15-13-21)25-26-28(35-17-20(2)16-34-18-24(33)37-30(3,4)5)31-19-32-29(26)36-27(25)23-10-8-7-9-11-23/h7-15,19-20H,6,16-18H2,1-5H3/p+1/t20-/m0/s1. The minimum absolute atomic E-state index is 0.0341. The van der Waals surface area contributed by atoms with Crippen molar-refractivity contribution >= 4 is 17.1 Å². The fraction of sp³-hybridized carbons (Fsp3) is 0.367. The first-order valence-electron chi connectivity index (χ1n) is 12.7. The zero-order valence-electron chi connectivity index (χ0n) is 22.2. The highest BCUT2D eigenvalue weighted by molar-refractivity contribution is 6.02. The molecule has 37 heavy (non-hydrogen) atoms. The van der Waals surface area contributed by atoms with Crippen LogP contribution in [0.2, 0.25) is 0 Å². The number of hydrogen-bond donors (Lipinski definition) is 0. The van der Waals surface area contributed by atoms with Gasteiger partial charge in [0, 0.05) is 17.0 Å². The van der Waals surface area contributed by atoms with Crippen molar-refractivity contribution in [3.05, 3.63) is 66.5 Å². The molecule has 4 aromatic rings. The molecule has 2 aromatic carbocycles. The summed E-state index contributed by atoms with van der Waals surface area (Å²) in [5, 5.41) is 0.785. The van der Waals surface area contributed by atoms with E-state index in [1.807, 2.05) is 58.0 Å². The highest BCUT2D eigenvalue weighted by atomic mass is 16.6. The molecular weight excluding hydrogens is 468 g/mol. The van der Waals surface area contributed by atoms with Gasteiger partial charge in [-0.15, -0.1) is 0 Å². The zero-order chi connectivity index (χ0) is 26.4. The summed E-state index contributed by atoms with van der Waals surface area (Å²) in [7, 11) is 0. The molecule has 4 rings (SSSR count). The second-order valence-corrected chi connectivity index (χ2v) is 10.2. The van der Waals surface area contributed by atoms with Crippen LogP contribution < -0.4 is 9.72 Å². The highest BCUT2D eigenvalue weighted by Gasteiger charge is 2.27. The summed E-state index contributed by atoms with van der Waals surface area (Å²) in [6.45, 7) is 10.3. The van der Waals surface area contributed by atoms with Gasteiger partial charge in [0.2, 0.25) is 0 Å². The molecular formula is C30H35N2O5+. The Morgan fingerprint density at radius 1 is 1.03 bits per heavy atom. The lowest BCUT2D eigenvalue weighted by Crippen LogP contribution is -2.27. The number of H-pyrrole nitrogens is 1. The number of hydrogen-bond acceptors (Lipinski definition) is 6. The molecule has 0 aliphatic rings. The number of esters is 1. The Labute approximate surface area is 217 Å². The van der Waals surface area contributed by atoms with Crippen molar-refractivity contribution in [3.63, 3.8) is 0 Å². The Morgan fingerprint density at radius 2 is 1.76 bits per heavy atom.